The van der Waals surface area contributed by atoms with Crippen molar-refractivity contribution in [2.45, 2.75) is 0 Å². The maximum Gasteiger partial charge on any atom is 1.00 e. The van der Waals surface area contributed by atoms with Crippen LogP contribution in [0.1, 0.15) is 0 Å². The van der Waals surface area contributed by atoms with Gasteiger partial charge in [-0.25, -0.2) is 40.4 Å². The fraction of sp³-hybridized carbons (Fsp3) is 0. The van der Waals surface area contributed by atoms with Gasteiger partial charge in [0.05, 0.1) is 0 Å². The second-order valence-corrected chi connectivity index (χ2v) is 2.74. The molecule has 0 saturated carbocycles. The van der Waals surface area contributed by atoms with Crippen LogP contribution in [0.15, 0.2) is 36.4 Å². The minimum absolute atomic E-state index is 0. The van der Waals surface area contributed by atoms with E-state index in [1.807, 2.05) is 0 Å². The number of hydrogen-bond acceptors (Lipinski definition) is 0. The van der Waals surface area contributed by atoms with Crippen molar-refractivity contribution in [3.8, 4) is 0 Å². The third kappa shape index (κ3) is 1.72. The van der Waals surface area contributed by atoms with Gasteiger partial charge in [-0.3, -0.25) is 0 Å². The van der Waals surface area contributed by atoms with E-state index in [4.69, 9.17) is 0 Å². The maximum atomic E-state index is 2.18. The third-order valence-corrected chi connectivity index (χ3v) is 2.19. The van der Waals surface area contributed by atoms with E-state index in [0.29, 0.717) is 0 Å². The first-order chi connectivity index (χ1) is 4.95. The number of hydrogen-bond donors (Lipinski definition) is 0. The zero-order valence-corrected chi connectivity index (χ0v) is 13.7. The molecule has 0 saturated heterocycles. The molecule has 0 atom stereocenters. The van der Waals surface area contributed by atoms with Gasteiger partial charge >= 0.3 is 103 Å². The van der Waals surface area contributed by atoms with Crippen LogP contribution in [0.25, 0.3) is 21.5 Å². The molecule has 0 spiro atoms. The SMILES string of the molecule is [K+].[K+].c1c[c-]2cc[c-]3ccc1c23. The normalized spacial score (nSPS) is 10.0. The summed E-state index contributed by atoms with van der Waals surface area (Å²) >= 11 is 0. The van der Waals surface area contributed by atoms with Crippen molar-refractivity contribution in [3.63, 3.8) is 0 Å². The summed E-state index contributed by atoms with van der Waals surface area (Å²) in [6.07, 6.45) is 0. The first-order valence-corrected chi connectivity index (χ1v) is 3.48. The predicted octanol–water partition coefficient (Wildman–Crippen LogP) is -3.12. The summed E-state index contributed by atoms with van der Waals surface area (Å²) in [5.74, 6) is 0. The van der Waals surface area contributed by atoms with Crippen LogP contribution in [0, 0.1) is 0 Å². The Bertz CT molecular complexity index is 360. The molecule has 0 aromatic heterocycles. The van der Waals surface area contributed by atoms with E-state index in [0.717, 1.165) is 0 Å². The largest absolute Gasteiger partial charge is 1.00 e. The van der Waals surface area contributed by atoms with E-state index in [9.17, 15) is 0 Å². The van der Waals surface area contributed by atoms with Crippen molar-refractivity contribution in [2.75, 3.05) is 0 Å². The molecule has 0 bridgehead atoms. The molecule has 3 rings (SSSR count). The number of rotatable bonds is 0. The topological polar surface area (TPSA) is 0 Å². The van der Waals surface area contributed by atoms with Crippen molar-refractivity contribution >= 4 is 21.5 Å². The van der Waals surface area contributed by atoms with E-state index in [2.05, 4.69) is 36.4 Å². The molecule has 0 aliphatic rings. The van der Waals surface area contributed by atoms with E-state index in [1.165, 1.54) is 21.5 Å². The average molecular weight is 204 g/mol. The molecule has 0 aliphatic heterocycles. The van der Waals surface area contributed by atoms with E-state index in [1.54, 1.807) is 0 Å². The Morgan fingerprint density at radius 1 is 0.750 bits per heavy atom. The summed E-state index contributed by atoms with van der Waals surface area (Å²) in [5.41, 5.74) is 0. The van der Waals surface area contributed by atoms with Crippen LogP contribution in [0.2, 0.25) is 0 Å². The van der Waals surface area contributed by atoms with Crippen LogP contribution < -0.4 is 103 Å². The van der Waals surface area contributed by atoms with Crippen LogP contribution in [0.5, 0.6) is 0 Å². The first-order valence-electron chi connectivity index (χ1n) is 3.48. The Balaban J connectivity index is 0.000000360. The van der Waals surface area contributed by atoms with Gasteiger partial charge in [0.1, 0.15) is 0 Å². The van der Waals surface area contributed by atoms with Crippen LogP contribution >= 0.6 is 0 Å². The van der Waals surface area contributed by atoms with Crippen molar-refractivity contribution in [1.29, 1.82) is 0 Å². The summed E-state index contributed by atoms with van der Waals surface area (Å²) in [6.45, 7) is 0. The van der Waals surface area contributed by atoms with E-state index < -0.39 is 0 Å². The Hall–Kier alpha value is 1.97. The molecule has 12 heavy (non-hydrogen) atoms. The molecule has 0 unspecified atom stereocenters. The molecule has 0 aliphatic carbocycles. The second kappa shape index (κ2) is 4.66. The molecule has 3 aromatic rings. The Morgan fingerprint density at radius 3 is 1.75 bits per heavy atom. The Morgan fingerprint density at radius 2 is 1.25 bits per heavy atom. The molecule has 0 radical (unpaired) electrons. The molecule has 48 valence electrons. The fourth-order valence-corrected chi connectivity index (χ4v) is 1.71. The summed E-state index contributed by atoms with van der Waals surface area (Å²) < 4.78 is 0. The third-order valence-electron chi connectivity index (χ3n) is 2.19. The average Bonchev–Trinajstić information content (AvgIpc) is 2.56. The first kappa shape index (κ1) is 12.0. The molecule has 2 heteroatoms. The van der Waals surface area contributed by atoms with Gasteiger partial charge < -0.3 is 0 Å². The quantitative estimate of drug-likeness (QED) is 0.268. The van der Waals surface area contributed by atoms with Crippen LogP contribution in [0.4, 0.5) is 0 Å². The minimum Gasteiger partial charge on any atom is -0.238 e. The zero-order valence-electron chi connectivity index (χ0n) is 7.46. The molecular formula is C10H6K2. The molecule has 0 nitrogen and oxygen atoms in total. The summed E-state index contributed by atoms with van der Waals surface area (Å²) in [5, 5.41) is 5.60. The van der Waals surface area contributed by atoms with E-state index in [-0.39, 0.29) is 103 Å². The van der Waals surface area contributed by atoms with Crippen LogP contribution in [-0.2, 0) is 0 Å². The molecular weight excluding hydrogens is 198 g/mol. The minimum atomic E-state index is 0. The van der Waals surface area contributed by atoms with Crippen LogP contribution in [-0.4, -0.2) is 0 Å². The summed E-state index contributed by atoms with van der Waals surface area (Å²) in [4.78, 5) is 0. The van der Waals surface area contributed by atoms with Crippen molar-refractivity contribution in [2.24, 2.45) is 0 Å². The molecule has 0 fully saturated rings. The second-order valence-electron chi connectivity index (χ2n) is 2.74. The van der Waals surface area contributed by atoms with Gasteiger partial charge in [-0.2, -0.15) is 17.5 Å². The van der Waals surface area contributed by atoms with Crippen LogP contribution in [0.3, 0.4) is 0 Å². The molecule has 3 aromatic carbocycles. The predicted molar refractivity (Wildman–Crippen MR) is 43.8 cm³/mol. The van der Waals surface area contributed by atoms with E-state index >= 15 is 0 Å². The van der Waals surface area contributed by atoms with Gasteiger partial charge in [0.25, 0.3) is 0 Å². The smallest absolute Gasteiger partial charge is 0.238 e. The standard InChI is InChI=1S/C10H6.2K/c1-2-8-5-6-9-4-3-7(1)10(8)9;;/h1-6H;;/q-2;2*+1. The van der Waals surface area contributed by atoms with Crippen molar-refractivity contribution in [1.82, 2.24) is 0 Å². The molecule has 0 N–H and O–H groups in total. The monoisotopic (exact) mass is 204 g/mol. The van der Waals surface area contributed by atoms with Gasteiger partial charge in [-0.15, -0.1) is 0 Å². The van der Waals surface area contributed by atoms with Gasteiger partial charge in [-0.1, -0.05) is 0 Å². The van der Waals surface area contributed by atoms with Gasteiger partial charge in [0.15, 0.2) is 0 Å². The fourth-order valence-electron chi connectivity index (χ4n) is 1.71. The zero-order chi connectivity index (χ0) is 6.55. The Kier molecular flexibility index (Phi) is 4.68. The maximum absolute atomic E-state index is 2.18. The molecule has 0 heterocycles. The van der Waals surface area contributed by atoms with Gasteiger partial charge in [0, 0.05) is 0 Å². The molecule has 0 amide bonds. The van der Waals surface area contributed by atoms with Crippen molar-refractivity contribution in [3.05, 3.63) is 36.4 Å². The van der Waals surface area contributed by atoms with Gasteiger partial charge in [0.2, 0.25) is 0 Å². The summed E-state index contributed by atoms with van der Waals surface area (Å²) in [6, 6.07) is 13.1. The Labute approximate surface area is 157 Å². The summed E-state index contributed by atoms with van der Waals surface area (Å²) in [7, 11) is 0. The van der Waals surface area contributed by atoms with Crippen molar-refractivity contribution < 1.29 is 103 Å². The van der Waals surface area contributed by atoms with Gasteiger partial charge in [-0.05, 0) is 0 Å².